The van der Waals surface area contributed by atoms with Crippen molar-refractivity contribution in [3.63, 3.8) is 0 Å². The predicted octanol–water partition coefficient (Wildman–Crippen LogP) is 4.21. The normalized spacial score (nSPS) is 16.0. The van der Waals surface area contributed by atoms with Gasteiger partial charge >= 0.3 is 0 Å². The van der Waals surface area contributed by atoms with E-state index < -0.39 is 5.92 Å². The number of anilines is 1. The Balaban J connectivity index is 1.79. The zero-order valence-corrected chi connectivity index (χ0v) is 16.2. The Bertz CT molecular complexity index is 1040. The van der Waals surface area contributed by atoms with Gasteiger partial charge in [-0.25, -0.2) is 4.68 Å². The summed E-state index contributed by atoms with van der Waals surface area (Å²) in [5.41, 5.74) is 2.23. The van der Waals surface area contributed by atoms with Crippen LogP contribution in [0, 0.1) is 6.92 Å². The van der Waals surface area contributed by atoms with E-state index in [-0.39, 0.29) is 18.1 Å². The number of aromatic nitrogens is 2. The first-order chi connectivity index (χ1) is 13.0. The number of fused-ring (bicyclic) bond motifs is 1. The molecule has 4 rings (SSSR count). The van der Waals surface area contributed by atoms with Crippen LogP contribution in [0.1, 0.15) is 33.3 Å². The Hall–Kier alpha value is -2.64. The topological polar surface area (TPSA) is 73.2 Å². The maximum Gasteiger partial charge on any atom is 0.226 e. The van der Waals surface area contributed by atoms with Gasteiger partial charge in [0.05, 0.1) is 33.6 Å². The van der Waals surface area contributed by atoms with Crippen molar-refractivity contribution in [1.82, 2.24) is 9.78 Å². The van der Waals surface area contributed by atoms with Gasteiger partial charge in [-0.2, -0.15) is 5.10 Å². The van der Waals surface area contributed by atoms with Crippen LogP contribution in [0.2, 0.25) is 4.34 Å². The second-order valence-electron chi connectivity index (χ2n) is 6.23. The first-order valence-corrected chi connectivity index (χ1v) is 9.50. The number of carbonyl (C=O) groups excluding carboxylic acids is 2. The number of halogens is 1. The second-order valence-corrected chi connectivity index (χ2v) is 7.95. The SMILES string of the molecule is COc1ccc(-n2nc(C)c3c2NC(=O)CC3C(=O)c2ccc(Cl)s2)cc1. The van der Waals surface area contributed by atoms with Crippen molar-refractivity contribution in [3.05, 3.63) is 56.9 Å². The molecule has 6 nitrogen and oxygen atoms in total. The molecule has 1 unspecified atom stereocenters. The van der Waals surface area contributed by atoms with E-state index >= 15 is 0 Å². The molecule has 0 spiro atoms. The number of Topliss-reactive ketones (excluding diaryl/α,β-unsaturated/α-hetero) is 1. The van der Waals surface area contributed by atoms with Crippen LogP contribution in [0.4, 0.5) is 5.82 Å². The summed E-state index contributed by atoms with van der Waals surface area (Å²) < 4.78 is 7.39. The fourth-order valence-electron chi connectivity index (χ4n) is 3.30. The smallest absolute Gasteiger partial charge is 0.226 e. The third-order valence-corrected chi connectivity index (χ3v) is 5.80. The van der Waals surface area contributed by atoms with Gasteiger partial charge in [0.1, 0.15) is 11.6 Å². The highest BCUT2D eigenvalue weighted by Crippen LogP contribution is 2.39. The van der Waals surface area contributed by atoms with Gasteiger partial charge in [-0.3, -0.25) is 9.59 Å². The number of hydrogen-bond acceptors (Lipinski definition) is 5. The summed E-state index contributed by atoms with van der Waals surface area (Å²) in [7, 11) is 1.60. The van der Waals surface area contributed by atoms with Crippen molar-refractivity contribution in [2.75, 3.05) is 12.4 Å². The van der Waals surface area contributed by atoms with Crippen molar-refractivity contribution in [1.29, 1.82) is 0 Å². The molecule has 0 aliphatic carbocycles. The third-order valence-electron chi connectivity index (χ3n) is 4.55. The number of nitrogens with one attached hydrogen (secondary N) is 1. The van der Waals surface area contributed by atoms with Gasteiger partial charge in [-0.05, 0) is 43.3 Å². The highest BCUT2D eigenvalue weighted by molar-refractivity contribution is 7.18. The Labute approximate surface area is 164 Å². The molecule has 1 amide bonds. The summed E-state index contributed by atoms with van der Waals surface area (Å²) in [6, 6.07) is 10.7. The largest absolute Gasteiger partial charge is 0.497 e. The number of methoxy groups -OCH3 is 1. The fourth-order valence-corrected chi connectivity index (χ4v) is 4.34. The van der Waals surface area contributed by atoms with Crippen LogP contribution in [-0.2, 0) is 4.79 Å². The summed E-state index contributed by atoms with van der Waals surface area (Å²) in [6.45, 7) is 1.85. The Morgan fingerprint density at radius 3 is 2.67 bits per heavy atom. The van der Waals surface area contributed by atoms with Crippen LogP contribution in [0.3, 0.4) is 0 Å². The molecule has 27 heavy (non-hydrogen) atoms. The number of hydrogen-bond donors (Lipinski definition) is 1. The van der Waals surface area contributed by atoms with Crippen molar-refractivity contribution in [2.24, 2.45) is 0 Å². The minimum Gasteiger partial charge on any atom is -0.497 e. The molecule has 3 heterocycles. The molecule has 1 N–H and O–H groups in total. The number of carbonyl (C=O) groups is 2. The average molecular weight is 402 g/mol. The first-order valence-electron chi connectivity index (χ1n) is 8.31. The van der Waals surface area contributed by atoms with E-state index in [9.17, 15) is 9.59 Å². The molecular formula is C19H16ClN3O3S. The van der Waals surface area contributed by atoms with E-state index in [1.165, 1.54) is 11.3 Å². The number of benzene rings is 1. The maximum atomic E-state index is 13.0. The third kappa shape index (κ3) is 3.13. The molecule has 0 fully saturated rings. The summed E-state index contributed by atoms with van der Waals surface area (Å²) in [5, 5.41) is 7.44. The van der Waals surface area contributed by atoms with Gasteiger partial charge in [0.25, 0.3) is 0 Å². The van der Waals surface area contributed by atoms with Crippen LogP contribution >= 0.6 is 22.9 Å². The predicted molar refractivity (Wildman–Crippen MR) is 105 cm³/mol. The fraction of sp³-hybridized carbons (Fsp3) is 0.211. The summed E-state index contributed by atoms with van der Waals surface area (Å²) in [4.78, 5) is 25.9. The molecule has 0 saturated heterocycles. The van der Waals surface area contributed by atoms with E-state index in [0.717, 1.165) is 17.0 Å². The van der Waals surface area contributed by atoms with Crippen molar-refractivity contribution >= 4 is 40.4 Å². The number of thiophene rings is 1. The zero-order chi connectivity index (χ0) is 19.1. The second kappa shape index (κ2) is 6.83. The number of amides is 1. The molecule has 1 aromatic carbocycles. The Morgan fingerprint density at radius 1 is 1.30 bits per heavy atom. The number of aryl methyl sites for hydroxylation is 1. The summed E-state index contributed by atoms with van der Waals surface area (Å²) in [6.07, 6.45) is 0.0937. The number of ketones is 1. The molecule has 0 radical (unpaired) electrons. The van der Waals surface area contributed by atoms with E-state index in [4.69, 9.17) is 16.3 Å². The number of nitrogens with zero attached hydrogens (tertiary/aromatic N) is 2. The Morgan fingerprint density at radius 2 is 2.04 bits per heavy atom. The number of ether oxygens (including phenoxy) is 1. The van der Waals surface area contributed by atoms with Crippen LogP contribution in [0.15, 0.2) is 36.4 Å². The lowest BCUT2D eigenvalue weighted by atomic mass is 9.87. The minimum absolute atomic E-state index is 0.0937. The quantitative estimate of drug-likeness (QED) is 0.664. The van der Waals surface area contributed by atoms with Gasteiger partial charge in [0, 0.05) is 12.0 Å². The van der Waals surface area contributed by atoms with Gasteiger partial charge in [0.2, 0.25) is 5.91 Å². The van der Waals surface area contributed by atoms with Gasteiger partial charge in [-0.1, -0.05) is 11.6 Å². The molecule has 8 heteroatoms. The van der Waals surface area contributed by atoms with Crippen LogP contribution in [0.5, 0.6) is 5.75 Å². The standard InChI is InChI=1S/C19H16ClN3O3S/c1-10-17-13(18(25)14-7-8-15(20)27-14)9-16(24)21-19(17)23(22-10)11-3-5-12(26-2)6-4-11/h3-8,13H,9H2,1-2H3,(H,21,24). The van der Waals surface area contributed by atoms with Crippen LogP contribution < -0.4 is 10.1 Å². The molecule has 1 aliphatic rings. The monoisotopic (exact) mass is 401 g/mol. The average Bonchev–Trinajstić information content (AvgIpc) is 3.24. The lowest BCUT2D eigenvalue weighted by Gasteiger charge is -2.22. The maximum absolute atomic E-state index is 13.0. The van der Waals surface area contributed by atoms with Gasteiger partial charge in [-0.15, -0.1) is 11.3 Å². The molecule has 3 aromatic rings. The minimum atomic E-state index is -0.574. The van der Waals surface area contributed by atoms with Crippen LogP contribution in [0.25, 0.3) is 5.69 Å². The van der Waals surface area contributed by atoms with Gasteiger partial charge < -0.3 is 10.1 Å². The van der Waals surface area contributed by atoms with Crippen molar-refractivity contribution < 1.29 is 14.3 Å². The Kier molecular flexibility index (Phi) is 4.49. The molecule has 1 atom stereocenters. The van der Waals surface area contributed by atoms with E-state index in [1.54, 1.807) is 23.9 Å². The number of rotatable bonds is 4. The van der Waals surface area contributed by atoms with E-state index in [0.29, 0.717) is 20.7 Å². The van der Waals surface area contributed by atoms with E-state index in [2.05, 4.69) is 10.4 Å². The molecule has 0 bridgehead atoms. The zero-order valence-electron chi connectivity index (χ0n) is 14.7. The molecular weight excluding hydrogens is 386 g/mol. The summed E-state index contributed by atoms with van der Waals surface area (Å²) >= 11 is 7.19. The van der Waals surface area contributed by atoms with Crippen molar-refractivity contribution in [2.45, 2.75) is 19.3 Å². The molecule has 0 saturated carbocycles. The molecule has 1 aliphatic heterocycles. The highest BCUT2D eigenvalue weighted by Gasteiger charge is 2.36. The molecule has 2 aromatic heterocycles. The highest BCUT2D eigenvalue weighted by atomic mass is 35.5. The van der Waals surface area contributed by atoms with Crippen LogP contribution in [-0.4, -0.2) is 28.6 Å². The summed E-state index contributed by atoms with van der Waals surface area (Å²) in [5.74, 6) is 0.368. The van der Waals surface area contributed by atoms with Crippen molar-refractivity contribution in [3.8, 4) is 11.4 Å². The first kappa shape index (κ1) is 17.8. The van der Waals surface area contributed by atoms with E-state index in [1.807, 2.05) is 31.2 Å². The lowest BCUT2D eigenvalue weighted by molar-refractivity contribution is -0.116. The lowest BCUT2D eigenvalue weighted by Crippen LogP contribution is -2.28. The van der Waals surface area contributed by atoms with Gasteiger partial charge in [0.15, 0.2) is 5.78 Å². The molecule has 138 valence electrons.